The van der Waals surface area contributed by atoms with Crippen molar-refractivity contribution in [2.45, 2.75) is 32.2 Å². The molecule has 1 aliphatic rings. The maximum atomic E-state index is 13.0. The van der Waals surface area contributed by atoms with Gasteiger partial charge < -0.3 is 4.90 Å². The van der Waals surface area contributed by atoms with Gasteiger partial charge in [0.2, 0.25) is 5.91 Å². The molecule has 22 heavy (non-hydrogen) atoms. The molecule has 0 radical (unpaired) electrons. The summed E-state index contributed by atoms with van der Waals surface area (Å²) in [6.45, 7) is 6.08. The van der Waals surface area contributed by atoms with Crippen LogP contribution in [0.25, 0.3) is 0 Å². The quantitative estimate of drug-likeness (QED) is 0.870. The van der Waals surface area contributed by atoms with Crippen LogP contribution in [0, 0.1) is 12.7 Å². The highest BCUT2D eigenvalue weighted by atomic mass is 19.1. The van der Waals surface area contributed by atoms with Crippen molar-refractivity contribution in [2.24, 2.45) is 0 Å². The van der Waals surface area contributed by atoms with Crippen LogP contribution in [-0.2, 0) is 16.8 Å². The first kappa shape index (κ1) is 14.8. The fraction of sp³-hybridized carbons (Fsp3) is 0.412. The maximum absolute atomic E-state index is 13.0. The first-order chi connectivity index (χ1) is 10.5. The SMILES string of the molecule is Cc1cnn(CCC(=O)N2CC(C)(c3ccc(F)cc3)C2)c1. The molecule has 3 rings (SSSR count). The van der Waals surface area contributed by atoms with Gasteiger partial charge in [0, 0.05) is 37.7 Å². The van der Waals surface area contributed by atoms with Gasteiger partial charge in [0.15, 0.2) is 0 Å². The third-order valence-electron chi connectivity index (χ3n) is 4.29. The van der Waals surface area contributed by atoms with E-state index in [0.29, 0.717) is 26.1 Å². The number of likely N-dealkylation sites (tertiary alicyclic amines) is 1. The lowest BCUT2D eigenvalue weighted by Gasteiger charge is -2.48. The summed E-state index contributed by atoms with van der Waals surface area (Å²) in [5.41, 5.74) is 2.12. The van der Waals surface area contributed by atoms with Gasteiger partial charge in [-0.2, -0.15) is 5.10 Å². The van der Waals surface area contributed by atoms with Crippen molar-refractivity contribution in [3.05, 3.63) is 53.6 Å². The maximum Gasteiger partial charge on any atom is 0.224 e. The number of rotatable bonds is 4. The van der Waals surface area contributed by atoms with Crippen molar-refractivity contribution in [3.63, 3.8) is 0 Å². The van der Waals surface area contributed by atoms with E-state index in [0.717, 1.165) is 11.1 Å². The summed E-state index contributed by atoms with van der Waals surface area (Å²) in [6, 6.07) is 6.57. The molecule has 1 aliphatic heterocycles. The van der Waals surface area contributed by atoms with Crippen LogP contribution in [0.1, 0.15) is 24.5 Å². The number of amides is 1. The number of halogens is 1. The van der Waals surface area contributed by atoms with Crippen LogP contribution in [0.3, 0.4) is 0 Å². The molecule has 116 valence electrons. The number of nitrogens with zero attached hydrogens (tertiary/aromatic N) is 3. The fourth-order valence-electron chi connectivity index (χ4n) is 2.96. The van der Waals surface area contributed by atoms with E-state index in [2.05, 4.69) is 12.0 Å². The van der Waals surface area contributed by atoms with Crippen LogP contribution in [0.4, 0.5) is 4.39 Å². The highest BCUT2D eigenvalue weighted by Crippen LogP contribution is 2.34. The zero-order valence-corrected chi connectivity index (χ0v) is 12.9. The summed E-state index contributed by atoms with van der Waals surface area (Å²) in [5, 5.41) is 4.19. The number of hydrogen-bond acceptors (Lipinski definition) is 2. The topological polar surface area (TPSA) is 38.1 Å². The summed E-state index contributed by atoms with van der Waals surface area (Å²) in [7, 11) is 0. The zero-order chi connectivity index (χ0) is 15.7. The Morgan fingerprint density at radius 2 is 2.00 bits per heavy atom. The molecule has 4 nitrogen and oxygen atoms in total. The Morgan fingerprint density at radius 3 is 2.59 bits per heavy atom. The fourth-order valence-corrected chi connectivity index (χ4v) is 2.96. The van der Waals surface area contributed by atoms with Crippen molar-refractivity contribution < 1.29 is 9.18 Å². The molecule has 0 spiro atoms. The molecule has 5 heteroatoms. The average Bonchev–Trinajstić information content (AvgIpc) is 2.88. The summed E-state index contributed by atoms with van der Waals surface area (Å²) < 4.78 is 14.8. The van der Waals surface area contributed by atoms with Crippen LogP contribution in [0.2, 0.25) is 0 Å². The highest BCUT2D eigenvalue weighted by Gasteiger charge is 2.42. The number of benzene rings is 1. The number of aromatic nitrogens is 2. The second kappa shape index (κ2) is 5.55. The van der Waals surface area contributed by atoms with Gasteiger partial charge in [-0.05, 0) is 30.2 Å². The van der Waals surface area contributed by atoms with E-state index >= 15 is 0 Å². The standard InChI is InChI=1S/C17H20FN3O/c1-13-9-19-21(10-13)8-7-16(22)20-11-17(2,12-20)14-3-5-15(18)6-4-14/h3-6,9-10H,7-8,11-12H2,1-2H3. The van der Waals surface area contributed by atoms with Gasteiger partial charge >= 0.3 is 0 Å². The van der Waals surface area contributed by atoms with Crippen LogP contribution in [-0.4, -0.2) is 33.7 Å². The van der Waals surface area contributed by atoms with E-state index in [4.69, 9.17) is 0 Å². The molecule has 1 amide bonds. The Kier molecular flexibility index (Phi) is 3.72. The molecular formula is C17H20FN3O. The summed E-state index contributed by atoms with van der Waals surface area (Å²) in [5.74, 6) is -0.0816. The molecule has 0 aliphatic carbocycles. The normalized spacial score (nSPS) is 16.4. The largest absolute Gasteiger partial charge is 0.341 e. The Morgan fingerprint density at radius 1 is 1.32 bits per heavy atom. The number of aryl methyl sites for hydroxylation is 2. The van der Waals surface area contributed by atoms with Gasteiger partial charge in [0.05, 0.1) is 6.20 Å². The predicted octanol–water partition coefficient (Wildman–Crippen LogP) is 2.52. The summed E-state index contributed by atoms with van der Waals surface area (Å²) in [4.78, 5) is 14.1. The highest BCUT2D eigenvalue weighted by molar-refractivity contribution is 5.77. The molecule has 2 heterocycles. The molecular weight excluding hydrogens is 281 g/mol. The molecule has 2 aromatic rings. The lowest BCUT2D eigenvalue weighted by molar-refractivity contribution is -0.138. The molecule has 1 aromatic heterocycles. The van der Waals surface area contributed by atoms with E-state index in [-0.39, 0.29) is 17.1 Å². The number of hydrogen-bond donors (Lipinski definition) is 0. The molecule has 1 saturated heterocycles. The Labute approximate surface area is 129 Å². The van der Waals surface area contributed by atoms with E-state index in [9.17, 15) is 9.18 Å². The number of carbonyl (C=O) groups is 1. The first-order valence-electron chi connectivity index (χ1n) is 7.49. The second-order valence-corrected chi connectivity index (χ2v) is 6.35. The molecule has 1 aromatic carbocycles. The third-order valence-corrected chi connectivity index (χ3v) is 4.29. The van der Waals surface area contributed by atoms with Crippen molar-refractivity contribution >= 4 is 5.91 Å². The van der Waals surface area contributed by atoms with Gasteiger partial charge in [0.1, 0.15) is 5.82 Å². The molecule has 0 bridgehead atoms. The van der Waals surface area contributed by atoms with Gasteiger partial charge in [-0.1, -0.05) is 19.1 Å². The lowest BCUT2D eigenvalue weighted by Crippen LogP contribution is -2.59. The molecule has 0 unspecified atom stereocenters. The molecule has 1 fully saturated rings. The second-order valence-electron chi connectivity index (χ2n) is 6.35. The minimum absolute atomic E-state index is 0.0638. The number of carbonyl (C=O) groups excluding carboxylic acids is 1. The monoisotopic (exact) mass is 301 g/mol. The van der Waals surface area contributed by atoms with Crippen molar-refractivity contribution in [3.8, 4) is 0 Å². The van der Waals surface area contributed by atoms with Gasteiger partial charge in [-0.3, -0.25) is 9.48 Å². The van der Waals surface area contributed by atoms with Crippen LogP contribution >= 0.6 is 0 Å². The van der Waals surface area contributed by atoms with Crippen LogP contribution in [0.5, 0.6) is 0 Å². The lowest BCUT2D eigenvalue weighted by atomic mass is 9.75. The summed E-state index contributed by atoms with van der Waals surface area (Å²) >= 11 is 0. The van der Waals surface area contributed by atoms with E-state index < -0.39 is 0 Å². The zero-order valence-electron chi connectivity index (χ0n) is 12.9. The predicted molar refractivity (Wildman–Crippen MR) is 81.9 cm³/mol. The Bertz CT molecular complexity index is 671. The van der Waals surface area contributed by atoms with Crippen LogP contribution < -0.4 is 0 Å². The van der Waals surface area contributed by atoms with E-state index in [1.54, 1.807) is 10.9 Å². The van der Waals surface area contributed by atoms with E-state index in [1.165, 1.54) is 12.1 Å². The Balaban J connectivity index is 1.53. The average molecular weight is 301 g/mol. The van der Waals surface area contributed by atoms with Gasteiger partial charge in [-0.15, -0.1) is 0 Å². The van der Waals surface area contributed by atoms with Crippen LogP contribution in [0.15, 0.2) is 36.7 Å². The van der Waals surface area contributed by atoms with Crippen molar-refractivity contribution in [1.82, 2.24) is 14.7 Å². The van der Waals surface area contributed by atoms with Crippen molar-refractivity contribution in [1.29, 1.82) is 0 Å². The van der Waals surface area contributed by atoms with Gasteiger partial charge in [-0.25, -0.2) is 4.39 Å². The Hall–Kier alpha value is -2.17. The first-order valence-corrected chi connectivity index (χ1v) is 7.49. The molecule has 0 N–H and O–H groups in total. The van der Waals surface area contributed by atoms with E-state index in [1.807, 2.05) is 30.2 Å². The smallest absolute Gasteiger partial charge is 0.224 e. The third kappa shape index (κ3) is 2.89. The minimum Gasteiger partial charge on any atom is -0.341 e. The van der Waals surface area contributed by atoms with Crippen molar-refractivity contribution in [2.75, 3.05) is 13.1 Å². The van der Waals surface area contributed by atoms with Gasteiger partial charge in [0.25, 0.3) is 0 Å². The summed E-state index contributed by atoms with van der Waals surface area (Å²) in [6.07, 6.45) is 4.19. The molecule has 0 atom stereocenters. The molecule has 0 saturated carbocycles. The minimum atomic E-state index is -0.228.